The minimum Gasteiger partial charge on any atom is -0.481 e. The first-order valence-electron chi connectivity index (χ1n) is 6.55. The zero-order chi connectivity index (χ0) is 14.0. The summed E-state index contributed by atoms with van der Waals surface area (Å²) in [6.45, 7) is 3.55. The summed E-state index contributed by atoms with van der Waals surface area (Å²) in [6.07, 6.45) is 3.50. The average Bonchev–Trinajstić information content (AvgIpc) is 2.39. The Bertz CT molecular complexity index is 478. The van der Waals surface area contributed by atoms with E-state index >= 15 is 0 Å². The SMILES string of the molecule is CC1=CCN(S(=O)(=O)N2CCC(C(=O)O)CC2)CC1. The van der Waals surface area contributed by atoms with Crippen LogP contribution >= 0.6 is 0 Å². The molecule has 2 aliphatic heterocycles. The highest BCUT2D eigenvalue weighted by molar-refractivity contribution is 7.86. The molecule has 2 aliphatic rings. The predicted octanol–water partition coefficient (Wildman–Crippen LogP) is 0.680. The Kier molecular flexibility index (Phi) is 4.27. The molecule has 0 radical (unpaired) electrons. The summed E-state index contributed by atoms with van der Waals surface area (Å²) >= 11 is 0. The monoisotopic (exact) mass is 288 g/mol. The number of hydrogen-bond donors (Lipinski definition) is 1. The molecule has 1 fully saturated rings. The van der Waals surface area contributed by atoms with Gasteiger partial charge < -0.3 is 5.11 Å². The molecule has 6 nitrogen and oxygen atoms in total. The highest BCUT2D eigenvalue weighted by atomic mass is 32.2. The molecule has 2 heterocycles. The lowest BCUT2D eigenvalue weighted by Crippen LogP contribution is -2.48. The van der Waals surface area contributed by atoms with E-state index in [-0.39, 0.29) is 0 Å². The van der Waals surface area contributed by atoms with Gasteiger partial charge in [-0.2, -0.15) is 17.0 Å². The van der Waals surface area contributed by atoms with Gasteiger partial charge >= 0.3 is 5.97 Å². The Labute approximate surface area is 113 Å². The molecule has 0 aliphatic carbocycles. The molecule has 19 heavy (non-hydrogen) atoms. The minimum atomic E-state index is -3.43. The molecule has 1 N–H and O–H groups in total. The van der Waals surface area contributed by atoms with Crippen molar-refractivity contribution in [2.45, 2.75) is 26.2 Å². The highest BCUT2D eigenvalue weighted by Gasteiger charge is 2.34. The van der Waals surface area contributed by atoms with Crippen molar-refractivity contribution in [2.24, 2.45) is 5.92 Å². The number of piperidine rings is 1. The van der Waals surface area contributed by atoms with Crippen molar-refractivity contribution in [2.75, 3.05) is 26.2 Å². The van der Waals surface area contributed by atoms with E-state index in [4.69, 9.17) is 5.11 Å². The number of nitrogens with zero attached hydrogens (tertiary/aromatic N) is 2. The summed E-state index contributed by atoms with van der Waals surface area (Å²) in [4.78, 5) is 10.9. The summed E-state index contributed by atoms with van der Waals surface area (Å²) in [5.41, 5.74) is 1.22. The van der Waals surface area contributed by atoms with Gasteiger partial charge in [0.05, 0.1) is 5.92 Å². The Hall–Kier alpha value is -0.920. The maximum absolute atomic E-state index is 12.4. The van der Waals surface area contributed by atoms with Crippen LogP contribution in [0.25, 0.3) is 0 Å². The van der Waals surface area contributed by atoms with Crippen LogP contribution in [0.1, 0.15) is 26.2 Å². The van der Waals surface area contributed by atoms with E-state index in [1.54, 1.807) is 0 Å². The topological polar surface area (TPSA) is 77.9 Å². The molecule has 0 atom stereocenters. The molecular formula is C12H20N2O4S. The van der Waals surface area contributed by atoms with Gasteiger partial charge in [-0.05, 0) is 26.2 Å². The zero-order valence-electron chi connectivity index (χ0n) is 11.1. The lowest BCUT2D eigenvalue weighted by Gasteiger charge is -2.34. The standard InChI is InChI=1S/C12H20N2O4S/c1-10-2-6-13(7-3-10)19(17,18)14-8-4-11(5-9-14)12(15)16/h2,11H,3-9H2,1H3,(H,15,16). The van der Waals surface area contributed by atoms with Crippen molar-refractivity contribution in [3.05, 3.63) is 11.6 Å². The van der Waals surface area contributed by atoms with Gasteiger partial charge in [-0.15, -0.1) is 0 Å². The summed E-state index contributed by atoms with van der Waals surface area (Å²) in [7, 11) is -3.43. The second-order valence-electron chi connectivity index (χ2n) is 5.18. The quantitative estimate of drug-likeness (QED) is 0.775. The number of carboxylic acids is 1. The number of hydrogen-bond acceptors (Lipinski definition) is 3. The molecule has 0 amide bonds. The van der Waals surface area contributed by atoms with Crippen LogP contribution in [0.15, 0.2) is 11.6 Å². The van der Waals surface area contributed by atoms with Crippen LogP contribution in [0.5, 0.6) is 0 Å². The first-order valence-corrected chi connectivity index (χ1v) is 7.94. The molecule has 7 heteroatoms. The van der Waals surface area contributed by atoms with Gasteiger partial charge in [-0.3, -0.25) is 4.79 Å². The molecule has 0 saturated carbocycles. The molecular weight excluding hydrogens is 268 g/mol. The van der Waals surface area contributed by atoms with Gasteiger partial charge in [-0.25, -0.2) is 0 Å². The lowest BCUT2D eigenvalue weighted by atomic mass is 9.99. The fourth-order valence-electron chi connectivity index (χ4n) is 2.46. The van der Waals surface area contributed by atoms with Crippen LogP contribution in [-0.2, 0) is 15.0 Å². The summed E-state index contributed by atoms with van der Waals surface area (Å²) in [6, 6.07) is 0. The first kappa shape index (κ1) is 14.5. The van der Waals surface area contributed by atoms with E-state index in [2.05, 4.69) is 0 Å². The Morgan fingerprint density at radius 1 is 1.26 bits per heavy atom. The average molecular weight is 288 g/mol. The smallest absolute Gasteiger partial charge is 0.306 e. The normalized spacial score (nSPS) is 24.2. The fourth-order valence-corrected chi connectivity index (χ4v) is 4.04. The van der Waals surface area contributed by atoms with E-state index in [0.29, 0.717) is 39.0 Å². The molecule has 2 rings (SSSR count). The van der Waals surface area contributed by atoms with Crippen LogP contribution in [0.2, 0.25) is 0 Å². The van der Waals surface area contributed by atoms with Crippen molar-refractivity contribution >= 4 is 16.2 Å². The van der Waals surface area contributed by atoms with E-state index in [1.807, 2.05) is 13.0 Å². The summed E-state index contributed by atoms with van der Waals surface area (Å²) < 4.78 is 27.7. The third kappa shape index (κ3) is 3.16. The van der Waals surface area contributed by atoms with Crippen LogP contribution in [0.3, 0.4) is 0 Å². The van der Waals surface area contributed by atoms with Crippen molar-refractivity contribution in [1.82, 2.24) is 8.61 Å². The van der Waals surface area contributed by atoms with Gasteiger partial charge in [0.15, 0.2) is 0 Å². The van der Waals surface area contributed by atoms with Crippen molar-refractivity contribution < 1.29 is 18.3 Å². The molecule has 108 valence electrons. The molecule has 0 bridgehead atoms. The van der Waals surface area contributed by atoms with Crippen LogP contribution in [-0.4, -0.2) is 54.3 Å². The van der Waals surface area contributed by atoms with E-state index in [9.17, 15) is 13.2 Å². The second kappa shape index (κ2) is 5.60. The van der Waals surface area contributed by atoms with Crippen LogP contribution in [0, 0.1) is 5.92 Å². The number of carbonyl (C=O) groups is 1. The molecule has 0 aromatic carbocycles. The molecule has 0 unspecified atom stereocenters. The summed E-state index contributed by atoms with van der Waals surface area (Å²) in [5.74, 6) is -1.23. The largest absolute Gasteiger partial charge is 0.481 e. The summed E-state index contributed by atoms with van der Waals surface area (Å²) in [5, 5.41) is 8.92. The number of aliphatic carboxylic acids is 1. The lowest BCUT2D eigenvalue weighted by molar-refractivity contribution is -0.142. The predicted molar refractivity (Wildman–Crippen MR) is 70.8 cm³/mol. The van der Waals surface area contributed by atoms with Crippen molar-refractivity contribution in [3.8, 4) is 0 Å². The Morgan fingerprint density at radius 3 is 2.37 bits per heavy atom. The van der Waals surface area contributed by atoms with Crippen LogP contribution < -0.4 is 0 Å². The van der Waals surface area contributed by atoms with E-state index < -0.39 is 22.1 Å². The Morgan fingerprint density at radius 2 is 1.89 bits per heavy atom. The van der Waals surface area contributed by atoms with Crippen LogP contribution in [0.4, 0.5) is 0 Å². The molecule has 0 aromatic rings. The fraction of sp³-hybridized carbons (Fsp3) is 0.750. The van der Waals surface area contributed by atoms with Gasteiger partial charge in [0.25, 0.3) is 10.2 Å². The van der Waals surface area contributed by atoms with Gasteiger partial charge in [-0.1, -0.05) is 11.6 Å². The van der Waals surface area contributed by atoms with Gasteiger partial charge in [0.2, 0.25) is 0 Å². The zero-order valence-corrected chi connectivity index (χ0v) is 11.9. The minimum absolute atomic E-state index is 0.304. The highest BCUT2D eigenvalue weighted by Crippen LogP contribution is 2.23. The maximum Gasteiger partial charge on any atom is 0.306 e. The van der Waals surface area contributed by atoms with Crippen molar-refractivity contribution in [1.29, 1.82) is 0 Å². The van der Waals surface area contributed by atoms with Gasteiger partial charge in [0, 0.05) is 26.2 Å². The van der Waals surface area contributed by atoms with Crippen molar-refractivity contribution in [3.63, 3.8) is 0 Å². The molecule has 0 spiro atoms. The Balaban J connectivity index is 2.00. The molecule has 1 saturated heterocycles. The van der Waals surface area contributed by atoms with E-state index in [1.165, 1.54) is 14.2 Å². The second-order valence-corrected chi connectivity index (χ2v) is 7.11. The first-order chi connectivity index (χ1) is 8.91. The third-order valence-corrected chi connectivity index (χ3v) is 5.86. The van der Waals surface area contributed by atoms with Gasteiger partial charge in [0.1, 0.15) is 0 Å². The maximum atomic E-state index is 12.4. The van der Waals surface area contributed by atoms with E-state index in [0.717, 1.165) is 6.42 Å². The number of rotatable bonds is 3. The third-order valence-electron chi connectivity index (χ3n) is 3.85. The number of carboxylic acid groups (broad SMARTS) is 1. The molecule has 0 aromatic heterocycles.